The van der Waals surface area contributed by atoms with Gasteiger partial charge in [0.05, 0.1) is 19.1 Å². The summed E-state index contributed by atoms with van der Waals surface area (Å²) < 4.78 is 4.53. The molecule has 0 saturated carbocycles. The fourth-order valence-electron chi connectivity index (χ4n) is 1.44. The first-order chi connectivity index (χ1) is 8.58. The van der Waals surface area contributed by atoms with E-state index in [1.807, 2.05) is 0 Å². The Labute approximate surface area is 105 Å². The number of carbonyl (C=O) groups excluding carboxylic acids is 2. The third-order valence-electron chi connectivity index (χ3n) is 2.39. The van der Waals surface area contributed by atoms with Crippen molar-refractivity contribution in [2.45, 2.75) is 6.42 Å². The molecule has 6 nitrogen and oxygen atoms in total. The van der Waals surface area contributed by atoms with E-state index in [2.05, 4.69) is 15.4 Å². The van der Waals surface area contributed by atoms with Crippen molar-refractivity contribution in [3.05, 3.63) is 23.8 Å². The van der Waals surface area contributed by atoms with Crippen LogP contribution in [0.3, 0.4) is 0 Å². The van der Waals surface area contributed by atoms with Gasteiger partial charge in [-0.25, -0.2) is 0 Å². The largest absolute Gasteiger partial charge is 0.469 e. The third-order valence-corrected chi connectivity index (χ3v) is 2.39. The predicted molar refractivity (Wildman–Crippen MR) is 69.4 cm³/mol. The van der Waals surface area contributed by atoms with Crippen LogP contribution in [-0.4, -0.2) is 32.6 Å². The average Bonchev–Trinajstić information content (AvgIpc) is 2.37. The van der Waals surface area contributed by atoms with E-state index in [0.29, 0.717) is 23.5 Å². The van der Waals surface area contributed by atoms with Gasteiger partial charge in [0, 0.05) is 25.0 Å². The normalized spacial score (nSPS) is 9.67. The van der Waals surface area contributed by atoms with Crippen molar-refractivity contribution >= 4 is 23.3 Å². The molecule has 0 spiro atoms. The van der Waals surface area contributed by atoms with E-state index in [4.69, 9.17) is 5.73 Å². The molecule has 6 heteroatoms. The number of carbonyl (C=O) groups is 2. The summed E-state index contributed by atoms with van der Waals surface area (Å²) in [5.74, 6) is -0.525. The van der Waals surface area contributed by atoms with Crippen molar-refractivity contribution in [3.63, 3.8) is 0 Å². The average molecular weight is 251 g/mol. The minimum absolute atomic E-state index is 0.212. The number of nitrogens with two attached hydrogens (primary N) is 1. The second-order valence-corrected chi connectivity index (χ2v) is 3.64. The fraction of sp³-hybridized carbons (Fsp3) is 0.333. The predicted octanol–water partition coefficient (Wildman–Crippen LogP) is 0.603. The smallest absolute Gasteiger partial charge is 0.307 e. The maximum absolute atomic E-state index is 11.6. The summed E-state index contributed by atoms with van der Waals surface area (Å²) >= 11 is 0. The van der Waals surface area contributed by atoms with Crippen LogP contribution in [0, 0.1) is 0 Å². The Morgan fingerprint density at radius 3 is 2.72 bits per heavy atom. The van der Waals surface area contributed by atoms with Crippen molar-refractivity contribution in [2.75, 3.05) is 31.8 Å². The summed E-state index contributed by atoms with van der Waals surface area (Å²) in [4.78, 5) is 22.6. The van der Waals surface area contributed by atoms with Crippen molar-refractivity contribution in [3.8, 4) is 0 Å². The molecule has 0 aliphatic rings. The highest BCUT2D eigenvalue weighted by Crippen LogP contribution is 2.19. The second kappa shape index (κ2) is 6.48. The molecule has 0 aromatic heterocycles. The van der Waals surface area contributed by atoms with E-state index < -0.39 is 0 Å². The van der Waals surface area contributed by atoms with Crippen molar-refractivity contribution in [1.82, 2.24) is 5.32 Å². The first-order valence-corrected chi connectivity index (χ1v) is 5.50. The Kier molecular flexibility index (Phi) is 4.98. The summed E-state index contributed by atoms with van der Waals surface area (Å²) in [6, 6.07) is 4.94. The van der Waals surface area contributed by atoms with Gasteiger partial charge in [-0.3, -0.25) is 9.59 Å². The lowest BCUT2D eigenvalue weighted by Gasteiger charge is -2.11. The number of rotatable bonds is 5. The summed E-state index contributed by atoms with van der Waals surface area (Å²) in [6.07, 6.45) is 0.221. The van der Waals surface area contributed by atoms with E-state index in [-0.39, 0.29) is 18.3 Å². The van der Waals surface area contributed by atoms with Crippen LogP contribution in [0.5, 0.6) is 0 Å². The molecule has 0 aliphatic carbocycles. The summed E-state index contributed by atoms with van der Waals surface area (Å²) in [7, 11) is 2.88. The van der Waals surface area contributed by atoms with Gasteiger partial charge in [0.2, 0.25) is 0 Å². The standard InChI is InChI=1S/C12H17N3O3/c1-14-12(17)9-4-3-8(13)7-10(9)15-6-5-11(16)18-2/h3-4,7,15H,5-6,13H2,1-2H3,(H,14,17). The molecule has 0 aliphatic heterocycles. The van der Waals surface area contributed by atoms with Crippen LogP contribution in [0.15, 0.2) is 18.2 Å². The van der Waals surface area contributed by atoms with Gasteiger partial charge >= 0.3 is 5.97 Å². The van der Waals surface area contributed by atoms with E-state index in [9.17, 15) is 9.59 Å². The zero-order chi connectivity index (χ0) is 13.5. The molecule has 1 rings (SSSR count). The molecule has 98 valence electrons. The molecule has 0 unspecified atom stereocenters. The van der Waals surface area contributed by atoms with Gasteiger partial charge < -0.3 is 21.1 Å². The molecule has 18 heavy (non-hydrogen) atoms. The summed E-state index contributed by atoms with van der Waals surface area (Å²) in [5, 5.41) is 5.53. The van der Waals surface area contributed by atoms with Crippen LogP contribution in [-0.2, 0) is 9.53 Å². The van der Waals surface area contributed by atoms with Crippen LogP contribution in [0.4, 0.5) is 11.4 Å². The van der Waals surface area contributed by atoms with Gasteiger partial charge in [-0.1, -0.05) is 0 Å². The first-order valence-electron chi connectivity index (χ1n) is 5.50. The number of esters is 1. The van der Waals surface area contributed by atoms with Crippen molar-refractivity contribution in [2.24, 2.45) is 0 Å². The van der Waals surface area contributed by atoms with Crippen LogP contribution < -0.4 is 16.4 Å². The number of methoxy groups -OCH3 is 1. The minimum Gasteiger partial charge on any atom is -0.469 e. The zero-order valence-corrected chi connectivity index (χ0v) is 10.4. The molecule has 0 bridgehead atoms. The zero-order valence-electron chi connectivity index (χ0n) is 10.4. The molecule has 1 aromatic carbocycles. The van der Waals surface area contributed by atoms with Crippen molar-refractivity contribution in [1.29, 1.82) is 0 Å². The SMILES string of the molecule is CNC(=O)c1ccc(N)cc1NCCC(=O)OC. The van der Waals surface area contributed by atoms with Gasteiger partial charge in [-0.15, -0.1) is 0 Å². The van der Waals surface area contributed by atoms with E-state index >= 15 is 0 Å². The highest BCUT2D eigenvalue weighted by atomic mass is 16.5. The molecule has 0 heterocycles. The highest BCUT2D eigenvalue weighted by Gasteiger charge is 2.10. The van der Waals surface area contributed by atoms with Crippen LogP contribution in [0.2, 0.25) is 0 Å². The Bertz CT molecular complexity index is 446. The van der Waals surface area contributed by atoms with Gasteiger partial charge in [0.1, 0.15) is 0 Å². The number of amides is 1. The topological polar surface area (TPSA) is 93.5 Å². The molecule has 0 atom stereocenters. The van der Waals surface area contributed by atoms with Crippen molar-refractivity contribution < 1.29 is 14.3 Å². The molecule has 4 N–H and O–H groups in total. The van der Waals surface area contributed by atoms with Gasteiger partial charge in [0.15, 0.2) is 0 Å². The van der Waals surface area contributed by atoms with Gasteiger partial charge in [-0.05, 0) is 18.2 Å². The van der Waals surface area contributed by atoms with Crippen LogP contribution >= 0.6 is 0 Å². The Morgan fingerprint density at radius 2 is 2.11 bits per heavy atom. The summed E-state index contributed by atoms with van der Waals surface area (Å²) in [5.41, 5.74) is 7.29. The van der Waals surface area contributed by atoms with E-state index in [1.165, 1.54) is 7.11 Å². The number of hydrogen-bond donors (Lipinski definition) is 3. The Morgan fingerprint density at radius 1 is 1.39 bits per heavy atom. The Hall–Kier alpha value is -2.24. The first kappa shape index (κ1) is 13.8. The maximum atomic E-state index is 11.6. The fourth-order valence-corrected chi connectivity index (χ4v) is 1.44. The summed E-state index contributed by atoms with van der Waals surface area (Å²) in [6.45, 7) is 0.375. The number of hydrogen-bond acceptors (Lipinski definition) is 5. The van der Waals surface area contributed by atoms with E-state index in [1.54, 1.807) is 25.2 Å². The lowest BCUT2D eigenvalue weighted by atomic mass is 10.1. The van der Waals surface area contributed by atoms with Gasteiger partial charge in [0.25, 0.3) is 5.91 Å². The highest BCUT2D eigenvalue weighted by molar-refractivity contribution is 6.00. The minimum atomic E-state index is -0.312. The quantitative estimate of drug-likeness (QED) is 0.526. The second-order valence-electron chi connectivity index (χ2n) is 3.64. The molecule has 0 saturated heterocycles. The third kappa shape index (κ3) is 3.65. The molecule has 0 radical (unpaired) electrons. The number of benzene rings is 1. The van der Waals surface area contributed by atoms with Crippen LogP contribution in [0.25, 0.3) is 0 Å². The maximum Gasteiger partial charge on any atom is 0.307 e. The number of nitrogen functional groups attached to an aromatic ring is 1. The Balaban J connectivity index is 2.76. The number of anilines is 2. The number of nitrogens with one attached hydrogen (secondary N) is 2. The molecule has 1 aromatic rings. The molecular formula is C12H17N3O3. The van der Waals surface area contributed by atoms with Crippen LogP contribution in [0.1, 0.15) is 16.8 Å². The molecular weight excluding hydrogens is 234 g/mol. The van der Waals surface area contributed by atoms with Gasteiger partial charge in [-0.2, -0.15) is 0 Å². The van der Waals surface area contributed by atoms with E-state index in [0.717, 1.165) is 0 Å². The lowest BCUT2D eigenvalue weighted by molar-refractivity contribution is -0.140. The lowest BCUT2D eigenvalue weighted by Crippen LogP contribution is -2.20. The molecule has 1 amide bonds. The monoisotopic (exact) mass is 251 g/mol. The number of ether oxygens (including phenoxy) is 1. The molecule has 0 fully saturated rings.